The van der Waals surface area contributed by atoms with Gasteiger partial charge < -0.3 is 5.32 Å². The first-order valence-electron chi connectivity index (χ1n) is 6.59. The van der Waals surface area contributed by atoms with Crippen molar-refractivity contribution in [2.75, 3.05) is 0 Å². The number of rotatable bonds is 5. The molecule has 106 valence electrons. The number of aromatic nitrogens is 2. The molecule has 0 aliphatic heterocycles. The van der Waals surface area contributed by atoms with E-state index < -0.39 is 0 Å². The van der Waals surface area contributed by atoms with E-state index in [1.54, 1.807) is 11.7 Å². The molecule has 5 heteroatoms. The number of hydrogen-bond acceptors (Lipinski definition) is 2. The Kier molecular flexibility index (Phi) is 4.95. The molecule has 1 aromatic heterocycles. The van der Waals surface area contributed by atoms with Gasteiger partial charge in [-0.15, -0.1) is 0 Å². The van der Waals surface area contributed by atoms with Gasteiger partial charge in [-0.2, -0.15) is 5.10 Å². The summed E-state index contributed by atoms with van der Waals surface area (Å²) in [4.78, 5) is 12.1. The Bertz CT molecular complexity index is 590. The largest absolute Gasteiger partial charge is 0.347 e. The van der Waals surface area contributed by atoms with Gasteiger partial charge >= 0.3 is 0 Å². The summed E-state index contributed by atoms with van der Waals surface area (Å²) in [7, 11) is 1.79. The number of nitrogens with one attached hydrogen (secondary N) is 1. The molecule has 0 bridgehead atoms. The Hall–Kier alpha value is -1.62. The molecule has 0 saturated carbocycles. The van der Waals surface area contributed by atoms with E-state index in [9.17, 15) is 4.79 Å². The van der Waals surface area contributed by atoms with E-state index >= 15 is 0 Å². The molecule has 1 heterocycles. The molecule has 0 fully saturated rings. The lowest BCUT2D eigenvalue weighted by Crippen LogP contribution is -2.25. The maximum absolute atomic E-state index is 12.1. The van der Waals surface area contributed by atoms with Crippen molar-refractivity contribution < 1.29 is 4.79 Å². The van der Waals surface area contributed by atoms with Crippen LogP contribution in [-0.4, -0.2) is 15.7 Å². The number of amides is 1. The van der Waals surface area contributed by atoms with Gasteiger partial charge in [0.25, 0.3) is 5.91 Å². The van der Waals surface area contributed by atoms with Gasteiger partial charge in [-0.1, -0.05) is 47.1 Å². The second-order valence-corrected chi connectivity index (χ2v) is 5.19. The van der Waals surface area contributed by atoms with Gasteiger partial charge in [0.2, 0.25) is 0 Å². The first-order chi connectivity index (χ1) is 9.63. The summed E-state index contributed by atoms with van der Waals surface area (Å²) in [6, 6.07) is 9.99. The molecule has 0 aliphatic carbocycles. The normalized spacial score (nSPS) is 10.6. The minimum absolute atomic E-state index is 0.0933. The number of aryl methyl sites for hydroxylation is 2. The summed E-state index contributed by atoms with van der Waals surface area (Å²) in [6.07, 6.45) is 0.828. The van der Waals surface area contributed by atoms with Crippen LogP contribution >= 0.6 is 15.9 Å². The van der Waals surface area contributed by atoms with E-state index in [-0.39, 0.29) is 5.91 Å². The number of alkyl halides is 1. The van der Waals surface area contributed by atoms with Crippen molar-refractivity contribution in [3.63, 3.8) is 0 Å². The Morgan fingerprint density at radius 2 is 1.95 bits per heavy atom. The van der Waals surface area contributed by atoms with Crippen LogP contribution in [0.4, 0.5) is 0 Å². The quantitative estimate of drug-likeness (QED) is 0.854. The van der Waals surface area contributed by atoms with Crippen LogP contribution < -0.4 is 5.32 Å². The summed E-state index contributed by atoms with van der Waals surface area (Å²) in [5, 5.41) is 8.04. The minimum Gasteiger partial charge on any atom is -0.347 e. The fourth-order valence-electron chi connectivity index (χ4n) is 1.93. The van der Waals surface area contributed by atoms with Crippen molar-refractivity contribution in [3.05, 3.63) is 52.8 Å². The highest BCUT2D eigenvalue weighted by Crippen LogP contribution is 2.08. The highest BCUT2D eigenvalue weighted by molar-refractivity contribution is 9.08. The number of halogens is 1. The summed E-state index contributed by atoms with van der Waals surface area (Å²) < 4.78 is 1.63. The van der Waals surface area contributed by atoms with Crippen LogP contribution in [0, 0.1) is 0 Å². The zero-order valence-electron chi connectivity index (χ0n) is 11.7. The van der Waals surface area contributed by atoms with Crippen molar-refractivity contribution in [1.29, 1.82) is 0 Å². The molecular formula is C15H18BrN3O. The molecule has 0 radical (unpaired) electrons. The average molecular weight is 336 g/mol. The molecule has 2 rings (SSSR count). The molecular weight excluding hydrogens is 318 g/mol. The first-order valence-corrected chi connectivity index (χ1v) is 7.71. The third-order valence-corrected chi connectivity index (χ3v) is 3.80. The summed E-state index contributed by atoms with van der Waals surface area (Å²) in [5.41, 5.74) is 3.83. The smallest absolute Gasteiger partial charge is 0.269 e. The molecule has 0 atom stereocenters. The molecule has 2 aromatic rings. The van der Waals surface area contributed by atoms with Crippen molar-refractivity contribution in [3.8, 4) is 0 Å². The zero-order valence-corrected chi connectivity index (χ0v) is 13.3. The number of nitrogens with zero attached hydrogens (tertiary/aromatic N) is 2. The molecule has 1 amide bonds. The van der Waals surface area contributed by atoms with Crippen LogP contribution in [0.2, 0.25) is 0 Å². The monoisotopic (exact) mass is 335 g/mol. The topological polar surface area (TPSA) is 46.9 Å². The van der Waals surface area contributed by atoms with Crippen molar-refractivity contribution >= 4 is 21.8 Å². The van der Waals surface area contributed by atoms with Crippen LogP contribution in [0.3, 0.4) is 0 Å². The molecule has 20 heavy (non-hydrogen) atoms. The zero-order chi connectivity index (χ0) is 14.5. The van der Waals surface area contributed by atoms with Crippen LogP contribution in [0.1, 0.15) is 34.2 Å². The fourth-order valence-corrected chi connectivity index (χ4v) is 2.30. The summed E-state index contributed by atoms with van der Waals surface area (Å²) in [6.45, 7) is 2.55. The predicted octanol–water partition coefficient (Wildman–Crippen LogP) is 2.81. The summed E-state index contributed by atoms with van der Waals surface area (Å²) >= 11 is 3.41. The molecule has 1 N–H and O–H groups in total. The standard InChI is InChI=1S/C15H18BrN3O/c1-3-13-8-14(19(2)18-13)15(20)17-10-12-6-4-11(9-16)5-7-12/h4-8H,3,9-10H2,1-2H3,(H,17,20). The fraction of sp³-hybridized carbons (Fsp3) is 0.333. The molecule has 4 nitrogen and oxygen atoms in total. The van der Waals surface area contributed by atoms with E-state index in [2.05, 4.69) is 38.5 Å². The molecule has 0 saturated heterocycles. The Morgan fingerprint density at radius 3 is 2.50 bits per heavy atom. The van der Waals surface area contributed by atoms with Crippen LogP contribution in [0.5, 0.6) is 0 Å². The lowest BCUT2D eigenvalue weighted by atomic mass is 10.1. The number of carbonyl (C=O) groups excluding carboxylic acids is 1. The van der Waals surface area contributed by atoms with E-state index in [4.69, 9.17) is 0 Å². The lowest BCUT2D eigenvalue weighted by Gasteiger charge is -2.06. The predicted molar refractivity (Wildman–Crippen MR) is 82.8 cm³/mol. The van der Waals surface area contributed by atoms with Crippen LogP contribution in [-0.2, 0) is 25.3 Å². The lowest BCUT2D eigenvalue weighted by molar-refractivity contribution is 0.0941. The number of carbonyl (C=O) groups is 1. The third-order valence-electron chi connectivity index (χ3n) is 3.16. The maximum Gasteiger partial charge on any atom is 0.269 e. The van der Waals surface area contributed by atoms with Gasteiger partial charge in [0.15, 0.2) is 0 Å². The van der Waals surface area contributed by atoms with Gasteiger partial charge in [-0.3, -0.25) is 9.48 Å². The highest BCUT2D eigenvalue weighted by Gasteiger charge is 2.12. The first kappa shape index (κ1) is 14.8. The SMILES string of the molecule is CCc1cc(C(=O)NCc2ccc(CBr)cc2)n(C)n1. The Labute approximate surface area is 127 Å². The van der Waals surface area contributed by atoms with Gasteiger partial charge in [0, 0.05) is 18.9 Å². The van der Waals surface area contributed by atoms with Gasteiger partial charge in [-0.05, 0) is 23.6 Å². The number of benzene rings is 1. The van der Waals surface area contributed by atoms with E-state index in [0.29, 0.717) is 12.2 Å². The second kappa shape index (κ2) is 6.70. The minimum atomic E-state index is -0.0933. The molecule has 0 spiro atoms. The highest BCUT2D eigenvalue weighted by atomic mass is 79.9. The van der Waals surface area contributed by atoms with Crippen molar-refractivity contribution in [2.24, 2.45) is 7.05 Å². The van der Waals surface area contributed by atoms with E-state index in [0.717, 1.165) is 23.0 Å². The van der Waals surface area contributed by atoms with E-state index in [1.807, 2.05) is 25.1 Å². The average Bonchev–Trinajstić information content (AvgIpc) is 2.86. The maximum atomic E-state index is 12.1. The van der Waals surface area contributed by atoms with Crippen LogP contribution in [0.25, 0.3) is 0 Å². The third kappa shape index (κ3) is 3.48. The van der Waals surface area contributed by atoms with Crippen molar-refractivity contribution in [2.45, 2.75) is 25.2 Å². The van der Waals surface area contributed by atoms with Gasteiger partial charge in [0.1, 0.15) is 5.69 Å². The van der Waals surface area contributed by atoms with Gasteiger partial charge in [0.05, 0.1) is 5.69 Å². The van der Waals surface area contributed by atoms with Crippen molar-refractivity contribution in [1.82, 2.24) is 15.1 Å². The Morgan fingerprint density at radius 1 is 1.30 bits per heavy atom. The second-order valence-electron chi connectivity index (χ2n) is 4.63. The number of hydrogen-bond donors (Lipinski definition) is 1. The molecule has 1 aromatic carbocycles. The summed E-state index contributed by atoms with van der Waals surface area (Å²) in [5.74, 6) is -0.0933. The van der Waals surface area contributed by atoms with Gasteiger partial charge in [-0.25, -0.2) is 0 Å². The van der Waals surface area contributed by atoms with Crippen LogP contribution in [0.15, 0.2) is 30.3 Å². The molecule has 0 aliphatic rings. The Balaban J connectivity index is 1.98. The van der Waals surface area contributed by atoms with E-state index in [1.165, 1.54) is 5.56 Å². The molecule has 0 unspecified atom stereocenters.